The number of hydrogen-bond donors (Lipinski definition) is 4. The third-order valence-corrected chi connectivity index (χ3v) is 11.0. The minimum atomic E-state index is -1.07. The Bertz CT molecular complexity index is 1540. The summed E-state index contributed by atoms with van der Waals surface area (Å²) in [5.41, 5.74) is 1.75. The molecule has 0 saturated carbocycles. The van der Waals surface area contributed by atoms with Crippen molar-refractivity contribution in [3.8, 4) is 0 Å². The van der Waals surface area contributed by atoms with Crippen LogP contribution in [0.3, 0.4) is 0 Å². The van der Waals surface area contributed by atoms with Gasteiger partial charge in [-0.1, -0.05) is 43.3 Å². The number of thioether (sulfide) groups is 2. The summed E-state index contributed by atoms with van der Waals surface area (Å²) in [5.74, 6) is -2.67. The normalized spacial score (nSPS) is 26.4. The molecule has 4 aliphatic rings. The summed E-state index contributed by atoms with van der Waals surface area (Å²) in [6, 6.07) is 19.1. The number of rotatable bonds is 10. The molecule has 4 heterocycles. The molecule has 0 aromatic heterocycles. The van der Waals surface area contributed by atoms with E-state index in [2.05, 4.69) is 0 Å². The Morgan fingerprint density at radius 3 is 1.76 bits per heavy atom. The zero-order chi connectivity index (χ0) is 32.6. The number of carbonyl (C=O) groups is 4. The van der Waals surface area contributed by atoms with Crippen molar-refractivity contribution in [2.75, 3.05) is 11.5 Å². The average molecular weight is 653 g/mol. The van der Waals surface area contributed by atoms with E-state index >= 15 is 0 Å². The summed E-state index contributed by atoms with van der Waals surface area (Å²) in [4.78, 5) is 52.3. The van der Waals surface area contributed by atoms with Crippen LogP contribution in [0.25, 0.3) is 0 Å². The summed E-state index contributed by atoms with van der Waals surface area (Å²) >= 11 is 3.12. The summed E-state index contributed by atoms with van der Waals surface area (Å²) in [7, 11) is 0. The Morgan fingerprint density at radius 2 is 1.27 bits per heavy atom. The van der Waals surface area contributed by atoms with E-state index in [1.165, 1.54) is 9.80 Å². The lowest BCUT2D eigenvalue weighted by atomic mass is 9.78. The molecule has 0 spiro atoms. The molecule has 2 amide bonds. The van der Waals surface area contributed by atoms with E-state index in [1.807, 2.05) is 67.6 Å². The van der Waals surface area contributed by atoms with Crippen LogP contribution in [0.5, 0.6) is 0 Å². The van der Waals surface area contributed by atoms with Crippen molar-refractivity contribution < 1.29 is 39.6 Å². The highest BCUT2D eigenvalue weighted by atomic mass is 32.2. The molecule has 4 aliphatic heterocycles. The first-order valence-electron chi connectivity index (χ1n) is 14.7. The van der Waals surface area contributed by atoms with Gasteiger partial charge in [0.1, 0.15) is 11.4 Å². The minimum Gasteiger partial charge on any atom is -0.477 e. The highest BCUT2D eigenvalue weighted by Crippen LogP contribution is 2.48. The predicted molar refractivity (Wildman–Crippen MR) is 169 cm³/mol. The van der Waals surface area contributed by atoms with Gasteiger partial charge in [0.05, 0.1) is 36.1 Å². The van der Waals surface area contributed by atoms with Gasteiger partial charge < -0.3 is 30.2 Å². The first-order chi connectivity index (χ1) is 21.4. The van der Waals surface area contributed by atoms with Gasteiger partial charge in [-0.15, -0.1) is 23.5 Å². The summed E-state index contributed by atoms with van der Waals surface area (Å²) < 4.78 is 0. The van der Waals surface area contributed by atoms with Crippen molar-refractivity contribution in [3.63, 3.8) is 0 Å². The van der Waals surface area contributed by atoms with E-state index in [0.29, 0.717) is 17.9 Å². The molecular weight excluding hydrogens is 617 g/mol. The molecule has 12 heteroatoms. The van der Waals surface area contributed by atoms with Gasteiger partial charge >= 0.3 is 11.9 Å². The number of aliphatic hydroxyl groups excluding tert-OH is 2. The van der Waals surface area contributed by atoms with E-state index in [9.17, 15) is 39.6 Å². The van der Waals surface area contributed by atoms with Crippen LogP contribution < -0.4 is 0 Å². The largest absolute Gasteiger partial charge is 0.477 e. The average Bonchev–Trinajstić information content (AvgIpc) is 3.45. The lowest BCUT2D eigenvalue weighted by Crippen LogP contribution is -2.63. The fraction of sp³-hybridized carbons (Fsp3) is 0.394. The number of aliphatic hydroxyl groups is 2. The fourth-order valence-corrected chi connectivity index (χ4v) is 8.71. The molecule has 4 N–H and O–H groups in total. The number of amides is 2. The maximum absolute atomic E-state index is 12.2. The number of β-lactam (4-membered cyclic amide) rings is 2. The van der Waals surface area contributed by atoms with Crippen molar-refractivity contribution >= 4 is 47.3 Å². The van der Waals surface area contributed by atoms with E-state index in [0.717, 1.165) is 20.9 Å². The van der Waals surface area contributed by atoms with Gasteiger partial charge in [-0.3, -0.25) is 9.59 Å². The molecule has 2 aromatic rings. The van der Waals surface area contributed by atoms with Crippen LogP contribution in [-0.4, -0.2) is 89.8 Å². The zero-order valence-corrected chi connectivity index (χ0v) is 26.7. The molecule has 45 heavy (non-hydrogen) atoms. The first kappa shape index (κ1) is 32.8. The minimum absolute atomic E-state index is 0.0605. The molecule has 2 fully saturated rings. The Kier molecular flexibility index (Phi) is 9.78. The smallest absolute Gasteiger partial charge is 0.352 e. The van der Waals surface area contributed by atoms with Gasteiger partial charge in [-0.25, -0.2) is 9.59 Å². The van der Waals surface area contributed by atoms with Crippen LogP contribution >= 0.6 is 23.5 Å². The maximum Gasteiger partial charge on any atom is 0.352 e. The van der Waals surface area contributed by atoms with Crippen LogP contribution in [0.1, 0.15) is 27.2 Å². The molecule has 2 aromatic carbocycles. The molecule has 2 saturated heterocycles. The lowest BCUT2D eigenvalue weighted by Gasteiger charge is -2.46. The highest BCUT2D eigenvalue weighted by molar-refractivity contribution is 7.99. The van der Waals surface area contributed by atoms with Crippen LogP contribution in [-0.2, 0) is 19.2 Å². The first-order valence-corrected chi connectivity index (χ1v) is 16.7. The zero-order valence-electron chi connectivity index (χ0n) is 25.1. The quantitative estimate of drug-likeness (QED) is 0.221. The van der Waals surface area contributed by atoms with E-state index in [4.69, 9.17) is 0 Å². The molecule has 0 aliphatic carbocycles. The van der Waals surface area contributed by atoms with Gasteiger partial charge in [-0.05, 0) is 55.7 Å². The Balaban J connectivity index is 0.000000178. The number of aliphatic carboxylic acids is 2. The van der Waals surface area contributed by atoms with Crippen LogP contribution in [0.15, 0.2) is 93.0 Å². The maximum atomic E-state index is 12.2. The fourth-order valence-electron chi connectivity index (χ4n) is 6.69. The summed E-state index contributed by atoms with van der Waals surface area (Å²) in [6.45, 7) is 5.11. The van der Waals surface area contributed by atoms with Crippen molar-refractivity contribution in [1.82, 2.24) is 9.80 Å². The van der Waals surface area contributed by atoms with Gasteiger partial charge in [0, 0.05) is 27.2 Å². The van der Waals surface area contributed by atoms with Gasteiger partial charge in [0.15, 0.2) is 0 Å². The molecule has 0 bridgehead atoms. The van der Waals surface area contributed by atoms with Crippen LogP contribution in [0, 0.1) is 17.8 Å². The molecule has 0 radical (unpaired) electrons. The summed E-state index contributed by atoms with van der Waals surface area (Å²) in [5, 5.41) is 38.5. The third-order valence-electron chi connectivity index (χ3n) is 8.83. The highest BCUT2D eigenvalue weighted by Gasteiger charge is 2.60. The van der Waals surface area contributed by atoms with E-state index < -0.39 is 36.0 Å². The number of hydrogen-bond acceptors (Lipinski definition) is 8. The van der Waals surface area contributed by atoms with E-state index in [1.54, 1.807) is 37.4 Å². The van der Waals surface area contributed by atoms with Crippen molar-refractivity contribution in [2.24, 2.45) is 17.8 Å². The third kappa shape index (κ3) is 6.16. The molecule has 238 valence electrons. The second-order valence-corrected chi connectivity index (χ2v) is 13.7. The van der Waals surface area contributed by atoms with Crippen molar-refractivity contribution in [2.45, 2.75) is 61.3 Å². The number of carboxylic acid groups (broad SMARTS) is 2. The van der Waals surface area contributed by atoms with Gasteiger partial charge in [-0.2, -0.15) is 0 Å². The molecule has 0 unspecified atom stereocenters. The number of fused-ring (bicyclic) bond motifs is 2. The lowest BCUT2D eigenvalue weighted by molar-refractivity contribution is -0.163. The molecular formula is C33H36N2O8S2. The van der Waals surface area contributed by atoms with Crippen molar-refractivity contribution in [1.29, 1.82) is 0 Å². The summed E-state index contributed by atoms with van der Waals surface area (Å²) in [6.07, 6.45) is -0.977. The topological polar surface area (TPSA) is 156 Å². The Labute approximate surface area is 269 Å². The number of carbonyl (C=O) groups excluding carboxylic acids is 2. The van der Waals surface area contributed by atoms with Crippen molar-refractivity contribution in [3.05, 3.63) is 83.2 Å². The van der Waals surface area contributed by atoms with Crippen LogP contribution in [0.4, 0.5) is 0 Å². The van der Waals surface area contributed by atoms with Crippen LogP contribution in [0.2, 0.25) is 0 Å². The Morgan fingerprint density at radius 1 is 0.778 bits per heavy atom. The SMILES string of the molecule is C[C@@H](O)[C@H]1C(=O)N2C(C(=O)O)=C(CSc3ccccc3)C[C@H]12.C[C@@H](O)[C@H]1C(=O)N2C(C(=O)O)=C(CSc3ccccc3)[C@H](C)[C@H]12. The molecule has 7 atom stereocenters. The second kappa shape index (κ2) is 13.4. The molecule has 6 rings (SSSR count). The predicted octanol–water partition coefficient (Wildman–Crippen LogP) is 3.70. The molecule has 10 nitrogen and oxygen atoms in total. The number of nitrogens with zero attached hydrogens (tertiary/aromatic N) is 2. The van der Waals surface area contributed by atoms with Gasteiger partial charge in [0.2, 0.25) is 11.8 Å². The standard InChI is InChI=1S/C17H19NO4S.C16H17NO4S/c1-9-12(8-23-11-6-4-3-5-7-11)15(17(21)22)18-14(9)13(10(2)19)16(18)20;1-9(18)13-12-7-10(8-22-11-5-3-2-4-6-11)14(16(20)21)17(12)15(13)19/h3-7,9-10,13-14,19H,8H2,1-2H3,(H,21,22);2-6,9,12-13,18H,7-8H2,1H3,(H,20,21)/t9-,10+,13+,14+;9-,12-,13-/m01/s1. The van der Waals surface area contributed by atoms with Gasteiger partial charge in [0.25, 0.3) is 0 Å². The number of carboxylic acids is 2. The Hall–Kier alpha value is -3.58. The number of benzene rings is 2. The monoisotopic (exact) mass is 652 g/mol. The van der Waals surface area contributed by atoms with E-state index in [-0.39, 0.29) is 41.2 Å². The second-order valence-electron chi connectivity index (χ2n) is 11.6.